The van der Waals surface area contributed by atoms with Crippen molar-refractivity contribution in [2.45, 2.75) is 25.7 Å². The van der Waals surface area contributed by atoms with E-state index in [9.17, 15) is 9.59 Å². The molecule has 6 nitrogen and oxygen atoms in total. The van der Waals surface area contributed by atoms with E-state index < -0.39 is 0 Å². The molecule has 0 N–H and O–H groups in total. The number of likely N-dealkylation sites (tertiary alicyclic amines) is 1. The van der Waals surface area contributed by atoms with Crippen LogP contribution < -0.4 is 0 Å². The van der Waals surface area contributed by atoms with Gasteiger partial charge < -0.3 is 19.3 Å². The molecule has 0 radical (unpaired) electrons. The molecule has 3 rings (SSSR count). The molecule has 0 aromatic heterocycles. The molecule has 0 saturated carbocycles. The summed E-state index contributed by atoms with van der Waals surface area (Å²) in [7, 11) is 1.71. The Balaban J connectivity index is 1.43. The van der Waals surface area contributed by atoms with Crippen LogP contribution in [0.5, 0.6) is 0 Å². The number of carbonyl (C=O) groups is 2. The van der Waals surface area contributed by atoms with Crippen molar-refractivity contribution >= 4 is 12.2 Å². The molecule has 6 heteroatoms. The molecule has 0 spiro atoms. The predicted octanol–water partition coefficient (Wildman–Crippen LogP) is 3.67. The van der Waals surface area contributed by atoms with Crippen molar-refractivity contribution < 1.29 is 19.1 Å². The molecule has 0 bridgehead atoms. The van der Waals surface area contributed by atoms with E-state index in [0.717, 1.165) is 11.1 Å². The van der Waals surface area contributed by atoms with E-state index >= 15 is 0 Å². The third-order valence-corrected chi connectivity index (χ3v) is 4.67. The van der Waals surface area contributed by atoms with Gasteiger partial charge in [-0.25, -0.2) is 9.59 Å². The largest absolute Gasteiger partial charge is 0.445 e. The summed E-state index contributed by atoms with van der Waals surface area (Å²) in [6.07, 6.45) is -0.0343. The topological polar surface area (TPSA) is 59.1 Å². The van der Waals surface area contributed by atoms with Crippen molar-refractivity contribution in [2.75, 3.05) is 20.1 Å². The lowest BCUT2D eigenvalue weighted by Crippen LogP contribution is -2.40. The van der Waals surface area contributed by atoms with Crippen molar-refractivity contribution in [2.24, 2.45) is 0 Å². The van der Waals surface area contributed by atoms with Crippen LogP contribution in [0.4, 0.5) is 9.59 Å². The van der Waals surface area contributed by atoms with Crippen molar-refractivity contribution in [3.05, 3.63) is 71.8 Å². The Morgan fingerprint density at radius 2 is 1.52 bits per heavy atom. The summed E-state index contributed by atoms with van der Waals surface area (Å²) < 4.78 is 10.7. The lowest BCUT2D eigenvalue weighted by atomic mass is 10.2. The normalized spacial score (nSPS) is 16.0. The number of hydrogen-bond acceptors (Lipinski definition) is 4. The summed E-state index contributed by atoms with van der Waals surface area (Å²) >= 11 is 0. The Morgan fingerprint density at radius 3 is 2.11 bits per heavy atom. The van der Waals surface area contributed by atoms with E-state index in [-0.39, 0.29) is 31.4 Å². The van der Waals surface area contributed by atoms with E-state index in [1.165, 1.54) is 0 Å². The number of likely N-dealkylation sites (N-methyl/N-ethyl adjacent to an activating group) is 1. The van der Waals surface area contributed by atoms with Crippen molar-refractivity contribution in [1.29, 1.82) is 0 Å². The molecule has 0 unspecified atom stereocenters. The van der Waals surface area contributed by atoms with E-state index in [0.29, 0.717) is 19.5 Å². The summed E-state index contributed by atoms with van der Waals surface area (Å²) in [5, 5.41) is 0. The van der Waals surface area contributed by atoms with Crippen LogP contribution in [-0.4, -0.2) is 48.2 Å². The Labute approximate surface area is 159 Å². The number of hydrogen-bond donors (Lipinski definition) is 0. The molecule has 27 heavy (non-hydrogen) atoms. The van der Waals surface area contributed by atoms with Crippen molar-refractivity contribution in [3.63, 3.8) is 0 Å². The Kier molecular flexibility index (Phi) is 6.30. The molecule has 1 heterocycles. The first-order valence-corrected chi connectivity index (χ1v) is 9.02. The smallest absolute Gasteiger partial charge is 0.410 e. The quantitative estimate of drug-likeness (QED) is 0.808. The van der Waals surface area contributed by atoms with Gasteiger partial charge >= 0.3 is 12.2 Å². The first-order chi connectivity index (χ1) is 13.1. The van der Waals surface area contributed by atoms with E-state index in [1.54, 1.807) is 16.8 Å². The van der Waals surface area contributed by atoms with Gasteiger partial charge in [-0.2, -0.15) is 0 Å². The minimum absolute atomic E-state index is 0.0717. The van der Waals surface area contributed by atoms with Gasteiger partial charge in [0, 0.05) is 20.1 Å². The molecule has 2 amide bonds. The standard InChI is InChI=1S/C21H24N2O4/c1-22(20(24)26-15-17-8-4-2-5-9-17)19-12-13-23(14-19)21(25)27-16-18-10-6-3-7-11-18/h2-11,19H,12-16H2,1H3/t19-/m1/s1. The van der Waals surface area contributed by atoms with Gasteiger partial charge in [0.25, 0.3) is 0 Å². The number of benzene rings is 2. The first-order valence-electron chi connectivity index (χ1n) is 9.02. The second kappa shape index (κ2) is 9.07. The highest BCUT2D eigenvalue weighted by molar-refractivity contribution is 5.70. The van der Waals surface area contributed by atoms with Crippen LogP contribution in [0.15, 0.2) is 60.7 Å². The summed E-state index contributed by atoms with van der Waals surface area (Å²) in [4.78, 5) is 27.7. The van der Waals surface area contributed by atoms with E-state index in [1.807, 2.05) is 60.7 Å². The zero-order valence-electron chi connectivity index (χ0n) is 15.4. The molecule has 0 aliphatic carbocycles. The third kappa shape index (κ3) is 5.23. The van der Waals surface area contributed by atoms with Gasteiger partial charge in [-0.05, 0) is 17.5 Å². The lowest BCUT2D eigenvalue weighted by molar-refractivity contribution is 0.0859. The molecule has 1 atom stereocenters. The van der Waals surface area contributed by atoms with Crippen LogP contribution in [0, 0.1) is 0 Å². The van der Waals surface area contributed by atoms with Crippen LogP contribution in [0.25, 0.3) is 0 Å². The van der Waals surface area contributed by atoms with Crippen LogP contribution >= 0.6 is 0 Å². The molecular weight excluding hydrogens is 344 g/mol. The predicted molar refractivity (Wildman–Crippen MR) is 101 cm³/mol. The van der Waals surface area contributed by atoms with Crippen LogP contribution in [0.3, 0.4) is 0 Å². The average Bonchev–Trinajstić information content (AvgIpc) is 3.21. The maximum absolute atomic E-state index is 12.3. The first kappa shape index (κ1) is 18.8. The molecule has 1 saturated heterocycles. The number of ether oxygens (including phenoxy) is 2. The number of nitrogens with zero attached hydrogens (tertiary/aromatic N) is 2. The second-order valence-corrected chi connectivity index (χ2v) is 6.58. The SMILES string of the molecule is CN(C(=O)OCc1ccccc1)[C@@H]1CCN(C(=O)OCc2ccccc2)C1. The minimum Gasteiger partial charge on any atom is -0.445 e. The van der Waals surface area contributed by atoms with Gasteiger partial charge in [0.1, 0.15) is 13.2 Å². The Hall–Kier alpha value is -3.02. The highest BCUT2D eigenvalue weighted by atomic mass is 16.6. The number of amides is 2. The monoisotopic (exact) mass is 368 g/mol. The molecule has 2 aromatic rings. The summed E-state index contributed by atoms with van der Waals surface area (Å²) in [5.41, 5.74) is 1.89. The highest BCUT2D eigenvalue weighted by Crippen LogP contribution is 2.17. The van der Waals surface area contributed by atoms with Gasteiger partial charge in [0.05, 0.1) is 6.04 Å². The lowest BCUT2D eigenvalue weighted by Gasteiger charge is -2.24. The number of carbonyl (C=O) groups excluding carboxylic acids is 2. The maximum Gasteiger partial charge on any atom is 0.410 e. The van der Waals surface area contributed by atoms with Crippen LogP contribution in [0.2, 0.25) is 0 Å². The third-order valence-electron chi connectivity index (χ3n) is 4.67. The molecule has 1 fully saturated rings. The molecule has 1 aliphatic rings. The van der Waals surface area contributed by atoms with E-state index in [4.69, 9.17) is 9.47 Å². The Bertz CT molecular complexity index is 751. The summed E-state index contributed by atoms with van der Waals surface area (Å²) in [5.74, 6) is 0. The maximum atomic E-state index is 12.3. The zero-order valence-corrected chi connectivity index (χ0v) is 15.4. The molecule has 142 valence electrons. The highest BCUT2D eigenvalue weighted by Gasteiger charge is 2.32. The van der Waals surface area contributed by atoms with Crippen LogP contribution in [-0.2, 0) is 22.7 Å². The number of rotatable bonds is 5. The second-order valence-electron chi connectivity index (χ2n) is 6.58. The van der Waals surface area contributed by atoms with Gasteiger partial charge in [0.2, 0.25) is 0 Å². The minimum atomic E-state index is -0.386. The van der Waals surface area contributed by atoms with Gasteiger partial charge in [0.15, 0.2) is 0 Å². The summed E-state index contributed by atoms with van der Waals surface area (Å²) in [6, 6.07) is 19.0. The average molecular weight is 368 g/mol. The molecule has 1 aliphatic heterocycles. The van der Waals surface area contributed by atoms with Crippen molar-refractivity contribution in [3.8, 4) is 0 Å². The van der Waals surface area contributed by atoms with Gasteiger partial charge in [-0.15, -0.1) is 0 Å². The fourth-order valence-corrected chi connectivity index (χ4v) is 3.00. The molecular formula is C21H24N2O4. The zero-order chi connectivity index (χ0) is 19.1. The van der Waals surface area contributed by atoms with Gasteiger partial charge in [-0.3, -0.25) is 0 Å². The fraction of sp³-hybridized carbons (Fsp3) is 0.333. The Morgan fingerprint density at radius 1 is 0.963 bits per heavy atom. The summed E-state index contributed by atoms with van der Waals surface area (Å²) in [6.45, 7) is 1.49. The fourth-order valence-electron chi connectivity index (χ4n) is 3.00. The van der Waals surface area contributed by atoms with Gasteiger partial charge in [-0.1, -0.05) is 60.7 Å². The van der Waals surface area contributed by atoms with Crippen LogP contribution in [0.1, 0.15) is 17.5 Å². The van der Waals surface area contributed by atoms with Crippen molar-refractivity contribution in [1.82, 2.24) is 9.80 Å². The molecule has 2 aromatic carbocycles. The van der Waals surface area contributed by atoms with E-state index in [2.05, 4.69) is 0 Å².